The zero-order valence-corrected chi connectivity index (χ0v) is 15.9. The van der Waals surface area contributed by atoms with Crippen LogP contribution in [0.3, 0.4) is 0 Å². The Bertz CT molecular complexity index is 684. The van der Waals surface area contributed by atoms with E-state index in [0.29, 0.717) is 11.0 Å². The van der Waals surface area contributed by atoms with E-state index in [1.807, 2.05) is 18.5 Å². The largest absolute Gasteiger partial charge is 0.374 e. The number of nitrogens with zero attached hydrogens (tertiary/aromatic N) is 3. The summed E-state index contributed by atoms with van der Waals surface area (Å²) >= 11 is 1.55. The normalized spacial score (nSPS) is 26.7. The molecule has 0 aromatic carbocycles. The van der Waals surface area contributed by atoms with E-state index in [0.717, 1.165) is 32.5 Å². The first-order valence-electron chi connectivity index (χ1n) is 8.69. The molecule has 3 heterocycles. The Morgan fingerprint density at radius 2 is 2.40 bits per heavy atom. The molecule has 2 atom stereocenters. The molecule has 1 amide bonds. The molecule has 1 fully saturated rings. The van der Waals surface area contributed by atoms with E-state index in [9.17, 15) is 4.79 Å². The van der Waals surface area contributed by atoms with Gasteiger partial charge in [-0.15, -0.1) is 11.3 Å². The Labute approximate surface area is 153 Å². The maximum Gasteiger partial charge on any atom is 0.223 e. The van der Waals surface area contributed by atoms with Gasteiger partial charge in [0.1, 0.15) is 0 Å². The number of aromatic nitrogens is 1. The lowest BCUT2D eigenvalue weighted by Gasteiger charge is -2.28. The lowest BCUT2D eigenvalue weighted by molar-refractivity contribution is -0.114. The van der Waals surface area contributed by atoms with Gasteiger partial charge < -0.3 is 10.1 Å². The molecule has 6 nitrogen and oxygen atoms in total. The van der Waals surface area contributed by atoms with Crippen LogP contribution in [-0.4, -0.2) is 47.3 Å². The minimum atomic E-state index is -0.210. The van der Waals surface area contributed by atoms with Gasteiger partial charge in [-0.3, -0.25) is 14.7 Å². The van der Waals surface area contributed by atoms with Crippen LogP contribution in [0.5, 0.6) is 0 Å². The Hall–Kier alpha value is -1.57. The van der Waals surface area contributed by atoms with Crippen LogP contribution < -0.4 is 5.32 Å². The van der Waals surface area contributed by atoms with E-state index in [1.54, 1.807) is 18.4 Å². The van der Waals surface area contributed by atoms with Crippen molar-refractivity contribution in [1.29, 1.82) is 0 Å². The second kappa shape index (κ2) is 7.76. The highest BCUT2D eigenvalue weighted by molar-refractivity contribution is 7.15. The van der Waals surface area contributed by atoms with E-state index in [2.05, 4.69) is 27.1 Å². The number of carbonyl (C=O) groups is 1. The van der Waals surface area contributed by atoms with E-state index < -0.39 is 0 Å². The fraction of sp³-hybridized carbons (Fsp3) is 0.611. The van der Waals surface area contributed by atoms with Gasteiger partial charge in [-0.2, -0.15) is 0 Å². The molecule has 136 valence electrons. The molecule has 2 aliphatic heterocycles. The van der Waals surface area contributed by atoms with E-state index >= 15 is 0 Å². The van der Waals surface area contributed by atoms with Gasteiger partial charge >= 0.3 is 0 Å². The first kappa shape index (κ1) is 18.2. The summed E-state index contributed by atoms with van der Waals surface area (Å²) in [4.78, 5) is 23.6. The van der Waals surface area contributed by atoms with Crippen molar-refractivity contribution >= 4 is 28.1 Å². The minimum absolute atomic E-state index is 0.0764. The topological polar surface area (TPSA) is 66.8 Å². The number of amides is 1. The monoisotopic (exact) mass is 362 g/mol. The number of ether oxygens (including phenoxy) is 1. The molecule has 0 radical (unpaired) electrons. The van der Waals surface area contributed by atoms with Crippen LogP contribution in [0.2, 0.25) is 0 Å². The second-order valence-corrected chi connectivity index (χ2v) is 8.23. The van der Waals surface area contributed by atoms with Crippen LogP contribution >= 0.6 is 11.3 Å². The van der Waals surface area contributed by atoms with Gasteiger partial charge in [0, 0.05) is 56.5 Å². The molecule has 0 spiro atoms. The van der Waals surface area contributed by atoms with E-state index in [4.69, 9.17) is 4.74 Å². The third kappa shape index (κ3) is 4.96. The average Bonchev–Trinajstić information content (AvgIpc) is 3.17. The Morgan fingerprint density at radius 1 is 1.56 bits per heavy atom. The van der Waals surface area contributed by atoms with Crippen molar-refractivity contribution in [1.82, 2.24) is 9.88 Å². The zero-order valence-electron chi connectivity index (χ0n) is 15.1. The van der Waals surface area contributed by atoms with Crippen molar-refractivity contribution in [2.45, 2.75) is 45.3 Å². The van der Waals surface area contributed by atoms with Crippen LogP contribution in [-0.2, 0) is 16.1 Å². The van der Waals surface area contributed by atoms with Crippen molar-refractivity contribution < 1.29 is 9.53 Å². The Kier molecular flexibility index (Phi) is 5.66. The van der Waals surface area contributed by atoms with Crippen LogP contribution in [0.4, 0.5) is 5.13 Å². The van der Waals surface area contributed by atoms with Gasteiger partial charge in [-0.05, 0) is 38.3 Å². The molecule has 25 heavy (non-hydrogen) atoms. The van der Waals surface area contributed by atoms with Gasteiger partial charge in [0.15, 0.2) is 5.13 Å². The summed E-state index contributed by atoms with van der Waals surface area (Å²) < 4.78 is 5.59. The van der Waals surface area contributed by atoms with Crippen LogP contribution in [0.1, 0.15) is 38.0 Å². The summed E-state index contributed by atoms with van der Waals surface area (Å²) in [6.07, 6.45) is 8.90. The molecule has 0 aliphatic carbocycles. The third-order valence-corrected chi connectivity index (χ3v) is 5.71. The Morgan fingerprint density at radius 3 is 3.16 bits per heavy atom. The van der Waals surface area contributed by atoms with Crippen LogP contribution in [0, 0.1) is 5.92 Å². The Balaban J connectivity index is 1.49. The van der Waals surface area contributed by atoms with Crippen molar-refractivity contribution in [2.75, 3.05) is 25.5 Å². The molecule has 0 saturated carbocycles. The quantitative estimate of drug-likeness (QED) is 0.844. The summed E-state index contributed by atoms with van der Waals surface area (Å²) in [7, 11) is 1.76. The third-order valence-electron chi connectivity index (χ3n) is 4.82. The summed E-state index contributed by atoms with van der Waals surface area (Å²) in [5.41, 5.74) is 1.03. The van der Waals surface area contributed by atoms with Gasteiger partial charge in [-0.25, -0.2) is 4.98 Å². The lowest BCUT2D eigenvalue weighted by atomic mass is 9.90. The number of nitrogens with one attached hydrogen (secondary N) is 1. The molecule has 2 aliphatic rings. The van der Waals surface area contributed by atoms with E-state index in [-0.39, 0.29) is 11.5 Å². The highest BCUT2D eigenvalue weighted by Gasteiger charge is 2.29. The lowest BCUT2D eigenvalue weighted by Crippen LogP contribution is -2.31. The molecule has 1 aromatic heterocycles. The molecule has 0 bridgehead atoms. The highest BCUT2D eigenvalue weighted by Crippen LogP contribution is 2.28. The first-order chi connectivity index (χ1) is 12.0. The molecule has 1 aromatic rings. The molecule has 2 unspecified atom stereocenters. The molecular formula is C18H26N4O2S. The minimum Gasteiger partial charge on any atom is -0.374 e. The number of hydrogen-bond acceptors (Lipinski definition) is 6. The number of rotatable bonds is 6. The highest BCUT2D eigenvalue weighted by atomic mass is 32.1. The standard InChI is InChI=1S/C18H26N4O2S/c1-13(23)21-17-20-10-16(25-17)12-22-7-4-14(11-22)8-15-9-18(2,24-3)5-6-19-15/h5-6,10,14H,4,7-9,11-12H2,1-3H3,(H,20,21,23). The van der Waals surface area contributed by atoms with Crippen molar-refractivity contribution in [2.24, 2.45) is 10.9 Å². The summed E-state index contributed by atoms with van der Waals surface area (Å²) in [5.74, 6) is 0.571. The number of anilines is 1. The predicted octanol–water partition coefficient (Wildman–Crippen LogP) is 3.08. The SMILES string of the molecule is COC1(C)C=CN=C(CC2CCN(Cc3cnc(NC(C)=O)s3)C2)C1. The maximum atomic E-state index is 11.1. The summed E-state index contributed by atoms with van der Waals surface area (Å²) in [6, 6.07) is 0. The molecule has 7 heteroatoms. The molecule has 3 rings (SSSR count). The van der Waals surface area contributed by atoms with Crippen molar-refractivity contribution in [3.63, 3.8) is 0 Å². The first-order valence-corrected chi connectivity index (χ1v) is 9.50. The number of thiazole rings is 1. The smallest absolute Gasteiger partial charge is 0.223 e. The average molecular weight is 362 g/mol. The van der Waals surface area contributed by atoms with Crippen LogP contribution in [0.25, 0.3) is 0 Å². The van der Waals surface area contributed by atoms with Gasteiger partial charge in [0.2, 0.25) is 5.91 Å². The molecule has 1 N–H and O–H groups in total. The van der Waals surface area contributed by atoms with Crippen molar-refractivity contribution in [3.05, 3.63) is 23.3 Å². The van der Waals surface area contributed by atoms with E-state index in [1.165, 1.54) is 23.9 Å². The van der Waals surface area contributed by atoms with Gasteiger partial charge in [0.25, 0.3) is 0 Å². The number of methoxy groups -OCH3 is 1. The molecule has 1 saturated heterocycles. The predicted molar refractivity (Wildman–Crippen MR) is 101 cm³/mol. The number of likely N-dealkylation sites (tertiary alicyclic amines) is 1. The number of aliphatic imine (C=N–C) groups is 1. The summed E-state index contributed by atoms with van der Waals surface area (Å²) in [6.45, 7) is 6.69. The number of carbonyl (C=O) groups excluding carboxylic acids is 1. The second-order valence-electron chi connectivity index (χ2n) is 7.11. The zero-order chi connectivity index (χ0) is 17.9. The van der Waals surface area contributed by atoms with Gasteiger partial charge in [0.05, 0.1) is 5.60 Å². The summed E-state index contributed by atoms with van der Waals surface area (Å²) in [5, 5.41) is 3.42. The maximum absolute atomic E-state index is 11.1. The van der Waals surface area contributed by atoms with Gasteiger partial charge in [-0.1, -0.05) is 0 Å². The van der Waals surface area contributed by atoms with Crippen LogP contribution in [0.15, 0.2) is 23.5 Å². The van der Waals surface area contributed by atoms with Crippen molar-refractivity contribution in [3.8, 4) is 0 Å². The fourth-order valence-corrected chi connectivity index (χ4v) is 4.34. The fourth-order valence-electron chi connectivity index (χ4n) is 3.44. The molecular weight excluding hydrogens is 336 g/mol. The number of hydrogen-bond donors (Lipinski definition) is 1.